The lowest BCUT2D eigenvalue weighted by Crippen LogP contribution is -2.48. The topological polar surface area (TPSA) is 0 Å². The zero-order valence-corrected chi connectivity index (χ0v) is 72.0. The van der Waals surface area contributed by atoms with Crippen LogP contribution >= 0.6 is 0 Å². The monoisotopic (exact) mass is 1460 g/mol. The SMILES string of the molecule is CC1(C)C2CCC1C1CC3CCCCC3CC12.CC1(C)C2CCC1C1CCCC12.CC1(C)C2CCC1C1CCCCC12.CC12C3CCC1C1C3C3C4C5C6CCC4C6(C)C32C15.CC12C3CCC1C1C3C3C4CCC4C1C32C.CC12C3CCC1C1C3C3C4CCCC4C1C32C.CC12C3CCC1C1C3C3CCC1C32C. The quantitative estimate of drug-likeness (QED) is 0.227. The normalized spacial score (nSPS) is 73.1. The molecule has 0 aromatic rings. The van der Waals surface area contributed by atoms with E-state index >= 15 is 0 Å². The molecule has 0 amide bonds. The molecule has 0 aromatic carbocycles. The maximum Gasteiger partial charge on any atom is -0.0111 e. The van der Waals surface area contributed by atoms with Gasteiger partial charge in [0.25, 0.3) is 0 Å². The molecular weight excluding hydrogens is 1300 g/mol. The summed E-state index contributed by atoms with van der Waals surface area (Å²) in [6.07, 6.45) is 57.1. The molecule has 0 aromatic heterocycles. The molecule has 42 unspecified atom stereocenters. The van der Waals surface area contributed by atoms with Crippen molar-refractivity contribution in [3.63, 3.8) is 0 Å². The summed E-state index contributed by atoms with van der Waals surface area (Å²) in [7, 11) is 0. The van der Waals surface area contributed by atoms with Crippen LogP contribution in [0, 0.1) is 337 Å². The van der Waals surface area contributed by atoms with Gasteiger partial charge in [-0.3, -0.25) is 0 Å². The molecule has 108 heavy (non-hydrogen) atoms. The third-order valence-electron chi connectivity index (χ3n) is 57.5. The lowest BCUT2D eigenvalue weighted by atomic mass is 9.52. The number of rotatable bonds is 0. The van der Waals surface area contributed by atoms with Crippen molar-refractivity contribution < 1.29 is 0 Å². The molecule has 43 bridgehead atoms. The average Bonchev–Trinajstić information content (AvgIpc) is 1.32. The van der Waals surface area contributed by atoms with Crippen molar-refractivity contribution in [2.45, 2.75) is 328 Å². The van der Waals surface area contributed by atoms with Gasteiger partial charge in [0.05, 0.1) is 0 Å². The highest BCUT2D eigenvalue weighted by Gasteiger charge is 3.04. The van der Waals surface area contributed by atoms with E-state index in [0.29, 0.717) is 10.8 Å². The van der Waals surface area contributed by atoms with Crippen LogP contribution in [0.2, 0.25) is 0 Å². The van der Waals surface area contributed by atoms with E-state index in [4.69, 9.17) is 0 Å². The molecule has 0 radical (unpaired) electrons. The van der Waals surface area contributed by atoms with Gasteiger partial charge in [-0.15, -0.1) is 0 Å². The van der Waals surface area contributed by atoms with Crippen LogP contribution in [0.5, 0.6) is 0 Å². The first kappa shape index (κ1) is 66.9. The molecule has 0 nitrogen and oxygen atoms in total. The summed E-state index contributed by atoms with van der Waals surface area (Å²) in [6, 6.07) is 0. The summed E-state index contributed by atoms with van der Waals surface area (Å²) in [4.78, 5) is 0. The van der Waals surface area contributed by atoms with Crippen LogP contribution in [0.4, 0.5) is 0 Å². The summed E-state index contributed by atoms with van der Waals surface area (Å²) in [5.41, 5.74) is 9.59. The van der Waals surface area contributed by atoms with Crippen molar-refractivity contribution in [1.82, 2.24) is 0 Å². The van der Waals surface area contributed by atoms with E-state index in [-0.39, 0.29) is 0 Å². The standard InChI is InChI=1S/C19H24.C17H24.C17H28.C16H22.C14H20.C13H22.C12H20/c1-17-7-3-4-8(17)12-11(7)15-13-9-5-6-10-14(13)16(12)19(15,17)18(9,10)2;1-16-10-6-7-11(16)13-12(10)14-8-4-3-5-9(8)15(13)17(14,16)2;1-17(2)15-7-8-16(17)14-10-12-6-4-3-5-11(12)9-13(14)15;1-15-9-5-6-10(15)12-11(9)13-7-3-4-8(7)14(12)16(13,15)2;1-13-7-3-4-8(13)12-10-6-5-9(11(7)12)14(10,13)2;1-13(2)11-7-8-12(13)10-6-4-3-5-9(10)11;1-12(2)10-6-7-11(12)9-5-3-4-8(9)10/h7-16H,3-6H2,1-2H3;8-15H,3-7H2,1-2H3;11-16H,3-10H2,1-2H3;7-14H,3-6H2,1-2H3;7-12H,3-6H2,1-2H3;9-12H,3-8H2,1-2H3;8-11H,3-7H2,1-2H3. The molecular formula is C108H160. The summed E-state index contributed by atoms with van der Waals surface area (Å²) in [5.74, 6) is 54.3. The Morgan fingerprint density at radius 2 is 0.352 bits per heavy atom. The van der Waals surface area contributed by atoms with Crippen molar-refractivity contribution in [3.05, 3.63) is 0 Å². The van der Waals surface area contributed by atoms with Crippen LogP contribution in [-0.4, -0.2) is 0 Å². The minimum Gasteiger partial charge on any atom is -0.0594 e. The van der Waals surface area contributed by atoms with Gasteiger partial charge in [0, 0.05) is 0 Å². The molecule has 40 rings (SSSR count). The Balaban J connectivity index is 0.0000000670. The fourth-order valence-corrected chi connectivity index (χ4v) is 57.2. The molecule has 42 atom stereocenters. The summed E-state index contributed by atoms with van der Waals surface area (Å²) < 4.78 is 0. The maximum absolute atomic E-state index is 2.83. The van der Waals surface area contributed by atoms with E-state index in [1.54, 1.807) is 205 Å². The summed E-state index contributed by atoms with van der Waals surface area (Å²) >= 11 is 0. The number of hydrogen-bond donors (Lipinski definition) is 0. The highest BCUT2D eigenvalue weighted by atomic mass is 15.1. The molecule has 0 N–H and O–H groups in total. The lowest BCUT2D eigenvalue weighted by Gasteiger charge is -2.51. The molecule has 592 valence electrons. The third-order valence-corrected chi connectivity index (χ3v) is 57.5. The number of fused-ring (bicyclic) bond motifs is 18. The van der Waals surface area contributed by atoms with Gasteiger partial charge in [0.2, 0.25) is 0 Å². The second kappa shape index (κ2) is 19.9. The van der Waals surface area contributed by atoms with Gasteiger partial charge in [0.1, 0.15) is 0 Å². The zero-order chi connectivity index (χ0) is 72.0. The van der Waals surface area contributed by atoms with Gasteiger partial charge in [-0.05, 0) is 517 Å². The van der Waals surface area contributed by atoms with Crippen molar-refractivity contribution in [1.29, 1.82) is 0 Å². The van der Waals surface area contributed by atoms with E-state index in [0.717, 1.165) is 137 Å². The van der Waals surface area contributed by atoms with Crippen LogP contribution in [0.25, 0.3) is 0 Å². The smallest absolute Gasteiger partial charge is 0.0111 e. The Labute approximate surface area is 661 Å². The van der Waals surface area contributed by atoms with Crippen LogP contribution < -0.4 is 0 Å². The van der Waals surface area contributed by atoms with Gasteiger partial charge in [-0.2, -0.15) is 0 Å². The van der Waals surface area contributed by atoms with Crippen LogP contribution in [0.1, 0.15) is 328 Å². The highest BCUT2D eigenvalue weighted by molar-refractivity contribution is 5.50. The highest BCUT2D eigenvalue weighted by Crippen LogP contribution is 3.08. The fourth-order valence-electron chi connectivity index (χ4n) is 57.2. The van der Waals surface area contributed by atoms with Gasteiger partial charge >= 0.3 is 0 Å². The van der Waals surface area contributed by atoms with E-state index in [1.807, 2.05) is 0 Å². The molecule has 0 saturated heterocycles. The van der Waals surface area contributed by atoms with Crippen molar-refractivity contribution in [2.24, 2.45) is 337 Å². The second-order valence-corrected chi connectivity index (χ2v) is 55.3. The van der Waals surface area contributed by atoms with Gasteiger partial charge in [-0.1, -0.05) is 148 Å². The van der Waals surface area contributed by atoms with Gasteiger partial charge in [-0.25, -0.2) is 0 Å². The predicted molar refractivity (Wildman–Crippen MR) is 435 cm³/mol. The Hall–Kier alpha value is 0. The fraction of sp³-hybridized carbons (Fsp3) is 1.00. The summed E-state index contributed by atoms with van der Waals surface area (Å²) in [5, 5.41) is 0. The molecule has 1 spiro atoms. The van der Waals surface area contributed by atoms with Crippen molar-refractivity contribution in [2.75, 3.05) is 0 Å². The number of hydrogen-bond acceptors (Lipinski definition) is 0. The Bertz CT molecular complexity index is 3600. The van der Waals surface area contributed by atoms with E-state index in [2.05, 4.69) is 96.9 Å². The maximum atomic E-state index is 2.83. The van der Waals surface area contributed by atoms with E-state index in [1.165, 1.54) is 215 Å². The lowest BCUT2D eigenvalue weighted by molar-refractivity contribution is -0.0524. The molecule has 40 aliphatic carbocycles. The van der Waals surface area contributed by atoms with Crippen LogP contribution in [-0.2, 0) is 0 Å². The molecule has 40 saturated carbocycles. The minimum absolute atomic E-state index is 0.697. The van der Waals surface area contributed by atoms with Gasteiger partial charge < -0.3 is 0 Å². The third kappa shape index (κ3) is 6.12. The minimum atomic E-state index is 0.697. The largest absolute Gasteiger partial charge is 0.0594 e. The second-order valence-electron chi connectivity index (χ2n) is 55.3. The Morgan fingerprint density at radius 3 is 0.639 bits per heavy atom. The first-order valence-corrected chi connectivity index (χ1v) is 51.9. The van der Waals surface area contributed by atoms with E-state index < -0.39 is 0 Å². The van der Waals surface area contributed by atoms with Crippen molar-refractivity contribution >= 4 is 0 Å². The molecule has 0 aliphatic heterocycles. The van der Waals surface area contributed by atoms with E-state index in [9.17, 15) is 0 Å². The first-order valence-electron chi connectivity index (χ1n) is 51.9. The first-order chi connectivity index (χ1) is 51.9. The van der Waals surface area contributed by atoms with Crippen molar-refractivity contribution in [3.8, 4) is 0 Å². The summed E-state index contributed by atoms with van der Waals surface area (Å²) in [6.45, 7) is 37.4. The molecule has 40 aliphatic rings. The Morgan fingerprint density at radius 1 is 0.148 bits per heavy atom. The zero-order valence-electron chi connectivity index (χ0n) is 72.0. The predicted octanol–water partition coefficient (Wildman–Crippen LogP) is 26.9. The van der Waals surface area contributed by atoms with Crippen LogP contribution in [0.3, 0.4) is 0 Å². The molecule has 0 heteroatoms. The molecule has 40 fully saturated rings. The Kier molecular flexibility index (Phi) is 12.3. The average molecular weight is 1460 g/mol. The van der Waals surface area contributed by atoms with Gasteiger partial charge in [0.15, 0.2) is 0 Å². The van der Waals surface area contributed by atoms with Crippen LogP contribution in [0.15, 0.2) is 0 Å². The molecule has 0 heterocycles.